The van der Waals surface area contributed by atoms with Crippen molar-refractivity contribution in [1.82, 2.24) is 10.3 Å². The average molecular weight is 382 g/mol. The van der Waals surface area contributed by atoms with Crippen molar-refractivity contribution >= 4 is 42.1 Å². The molecule has 1 aromatic heterocycles. The monoisotopic (exact) mass is 381 g/mol. The molecule has 23 heavy (non-hydrogen) atoms. The van der Waals surface area contributed by atoms with E-state index in [-0.39, 0.29) is 41.7 Å². The van der Waals surface area contributed by atoms with Gasteiger partial charge in [-0.25, -0.2) is 4.98 Å². The number of halogens is 2. The zero-order valence-electron chi connectivity index (χ0n) is 14.4. The van der Waals surface area contributed by atoms with Gasteiger partial charge in [0, 0.05) is 12.0 Å². The van der Waals surface area contributed by atoms with Crippen LogP contribution in [0, 0.1) is 6.92 Å². The van der Waals surface area contributed by atoms with Crippen LogP contribution >= 0.6 is 36.2 Å². The Kier molecular flexibility index (Phi) is 8.52. The molecule has 1 heterocycles. The molecule has 1 fully saturated rings. The second kappa shape index (κ2) is 8.65. The van der Waals surface area contributed by atoms with Gasteiger partial charge in [0.1, 0.15) is 4.88 Å². The van der Waals surface area contributed by atoms with Crippen LogP contribution in [0.2, 0.25) is 0 Å². The van der Waals surface area contributed by atoms with Crippen LogP contribution in [0.5, 0.6) is 0 Å². The molecule has 7 heteroatoms. The largest absolute Gasteiger partial charge is 0.345 e. The number of nitrogens with one attached hydrogen (secondary N) is 1. The number of hydrogen-bond acceptors (Lipinski definition) is 4. The quantitative estimate of drug-likeness (QED) is 0.831. The summed E-state index contributed by atoms with van der Waals surface area (Å²) in [5.74, 6) is -0.00662. The molecule has 0 aliphatic heterocycles. The third-order valence-corrected chi connectivity index (χ3v) is 5.81. The molecule has 2 rings (SSSR count). The third-order valence-electron chi connectivity index (χ3n) is 4.22. The topological polar surface area (TPSA) is 68.0 Å². The number of nitrogens with two attached hydrogens (primary N) is 1. The van der Waals surface area contributed by atoms with Crippen LogP contribution < -0.4 is 11.1 Å². The van der Waals surface area contributed by atoms with Crippen LogP contribution in [-0.2, 0) is 5.41 Å². The van der Waals surface area contributed by atoms with E-state index in [1.807, 2.05) is 6.92 Å². The molecule has 1 aliphatic rings. The van der Waals surface area contributed by atoms with E-state index in [1.54, 1.807) is 0 Å². The van der Waals surface area contributed by atoms with Crippen molar-refractivity contribution in [2.45, 2.75) is 70.8 Å². The number of amides is 1. The molecule has 0 spiro atoms. The van der Waals surface area contributed by atoms with Gasteiger partial charge in [0.15, 0.2) is 0 Å². The molecule has 0 aromatic carbocycles. The van der Waals surface area contributed by atoms with Crippen molar-refractivity contribution in [1.29, 1.82) is 0 Å². The Balaban J connectivity index is 0.00000242. The van der Waals surface area contributed by atoms with E-state index in [0.29, 0.717) is 6.54 Å². The first-order valence-corrected chi connectivity index (χ1v) is 8.59. The van der Waals surface area contributed by atoms with Gasteiger partial charge in [-0.05, 0) is 19.8 Å². The van der Waals surface area contributed by atoms with Gasteiger partial charge >= 0.3 is 0 Å². The summed E-state index contributed by atoms with van der Waals surface area (Å²) in [4.78, 5) is 17.9. The second-order valence-corrected chi connectivity index (χ2v) is 8.18. The van der Waals surface area contributed by atoms with Crippen molar-refractivity contribution < 1.29 is 4.79 Å². The van der Waals surface area contributed by atoms with Crippen molar-refractivity contribution in [2.24, 2.45) is 5.73 Å². The number of rotatable bonds is 3. The summed E-state index contributed by atoms with van der Waals surface area (Å²) in [6.45, 7) is 8.79. The highest BCUT2D eigenvalue weighted by Crippen LogP contribution is 2.31. The molecule has 1 amide bonds. The molecule has 0 atom stereocenters. The Morgan fingerprint density at radius 3 is 2.26 bits per heavy atom. The number of aromatic nitrogens is 1. The van der Waals surface area contributed by atoms with Crippen LogP contribution in [0.4, 0.5) is 0 Å². The van der Waals surface area contributed by atoms with Crippen LogP contribution in [0.15, 0.2) is 0 Å². The molecule has 1 aliphatic carbocycles. The number of thiazole rings is 1. The van der Waals surface area contributed by atoms with E-state index in [4.69, 9.17) is 5.73 Å². The smallest absolute Gasteiger partial charge is 0.263 e. The fraction of sp³-hybridized carbons (Fsp3) is 0.750. The maximum atomic E-state index is 12.6. The first kappa shape index (κ1) is 22.6. The minimum atomic E-state index is -0.215. The Hall–Kier alpha value is -0.360. The lowest BCUT2D eigenvalue weighted by Gasteiger charge is -2.37. The van der Waals surface area contributed by atoms with Crippen molar-refractivity contribution in [3.8, 4) is 0 Å². The fourth-order valence-electron chi connectivity index (χ4n) is 2.83. The molecule has 0 saturated heterocycles. The van der Waals surface area contributed by atoms with Crippen molar-refractivity contribution in [3.63, 3.8) is 0 Å². The lowest BCUT2D eigenvalue weighted by Crippen LogP contribution is -2.54. The fourth-order valence-corrected chi connectivity index (χ4v) is 3.85. The highest BCUT2D eigenvalue weighted by atomic mass is 35.5. The molecule has 1 saturated carbocycles. The lowest BCUT2D eigenvalue weighted by molar-refractivity contribution is 0.0878. The first-order valence-electron chi connectivity index (χ1n) is 7.78. The van der Waals surface area contributed by atoms with Crippen molar-refractivity contribution in [2.75, 3.05) is 6.54 Å². The highest BCUT2D eigenvalue weighted by Gasteiger charge is 2.33. The van der Waals surface area contributed by atoms with Gasteiger partial charge < -0.3 is 11.1 Å². The number of carbonyl (C=O) groups is 1. The summed E-state index contributed by atoms with van der Waals surface area (Å²) >= 11 is 1.51. The molecule has 4 nitrogen and oxygen atoms in total. The van der Waals surface area contributed by atoms with Crippen molar-refractivity contribution in [3.05, 3.63) is 15.6 Å². The Labute approximate surface area is 155 Å². The van der Waals surface area contributed by atoms with Gasteiger partial charge in [-0.3, -0.25) is 4.79 Å². The Bertz CT molecular complexity index is 520. The highest BCUT2D eigenvalue weighted by molar-refractivity contribution is 7.14. The standard InChI is InChI=1S/C16H27N3OS.2ClH/c1-11-12(21-14(18-11)15(2,3)4)13(20)19-16(10-17)8-6-5-7-9-16;;/h5-10,17H2,1-4H3,(H,19,20);2*1H. The zero-order chi connectivity index (χ0) is 15.7. The summed E-state index contributed by atoms with van der Waals surface area (Å²) in [6, 6.07) is 0. The van der Waals surface area contributed by atoms with E-state index < -0.39 is 0 Å². The second-order valence-electron chi connectivity index (χ2n) is 7.18. The van der Waals surface area contributed by atoms with Crippen LogP contribution in [0.3, 0.4) is 0 Å². The molecule has 134 valence electrons. The van der Waals surface area contributed by atoms with E-state index >= 15 is 0 Å². The molecule has 0 bridgehead atoms. The maximum absolute atomic E-state index is 12.6. The first-order chi connectivity index (χ1) is 9.77. The number of aryl methyl sites for hydroxylation is 1. The predicted molar refractivity (Wildman–Crippen MR) is 102 cm³/mol. The van der Waals surface area contributed by atoms with Gasteiger partial charge in [0.05, 0.1) is 16.2 Å². The average Bonchev–Trinajstić information content (AvgIpc) is 2.82. The van der Waals surface area contributed by atoms with Crippen LogP contribution in [-0.4, -0.2) is 23.0 Å². The molecule has 0 unspecified atom stereocenters. The normalized spacial score (nSPS) is 16.9. The van der Waals surface area contributed by atoms with E-state index in [1.165, 1.54) is 17.8 Å². The van der Waals surface area contributed by atoms with Gasteiger partial charge in [-0.15, -0.1) is 36.2 Å². The number of carbonyl (C=O) groups excluding carboxylic acids is 1. The number of hydrogen-bond donors (Lipinski definition) is 2. The maximum Gasteiger partial charge on any atom is 0.263 e. The Morgan fingerprint density at radius 2 is 1.83 bits per heavy atom. The summed E-state index contributed by atoms with van der Waals surface area (Å²) in [7, 11) is 0. The molecule has 3 N–H and O–H groups in total. The minimum Gasteiger partial charge on any atom is -0.345 e. The van der Waals surface area contributed by atoms with E-state index in [2.05, 4.69) is 31.1 Å². The van der Waals surface area contributed by atoms with Gasteiger partial charge in [-0.1, -0.05) is 40.0 Å². The molecule has 1 aromatic rings. The van der Waals surface area contributed by atoms with Crippen LogP contribution in [0.25, 0.3) is 0 Å². The van der Waals surface area contributed by atoms with Gasteiger partial charge in [0.2, 0.25) is 0 Å². The Morgan fingerprint density at radius 1 is 1.26 bits per heavy atom. The lowest BCUT2D eigenvalue weighted by atomic mass is 9.81. The van der Waals surface area contributed by atoms with Gasteiger partial charge in [0.25, 0.3) is 5.91 Å². The molecular weight excluding hydrogens is 353 g/mol. The summed E-state index contributed by atoms with van der Waals surface area (Å²) in [5.41, 5.74) is 6.54. The number of nitrogens with zero attached hydrogens (tertiary/aromatic N) is 1. The summed E-state index contributed by atoms with van der Waals surface area (Å²) in [6.07, 6.45) is 5.50. The third kappa shape index (κ3) is 5.31. The van der Waals surface area contributed by atoms with E-state index in [9.17, 15) is 4.79 Å². The molecule has 0 radical (unpaired) electrons. The van der Waals surface area contributed by atoms with E-state index in [0.717, 1.165) is 41.3 Å². The van der Waals surface area contributed by atoms with Gasteiger partial charge in [-0.2, -0.15) is 0 Å². The summed E-state index contributed by atoms with van der Waals surface area (Å²) in [5, 5.41) is 4.22. The SMILES string of the molecule is Cc1nc(C(C)(C)C)sc1C(=O)NC1(CN)CCCCC1.Cl.Cl. The summed E-state index contributed by atoms with van der Waals surface area (Å²) < 4.78 is 0. The zero-order valence-corrected chi connectivity index (χ0v) is 16.8. The van der Waals surface area contributed by atoms with Crippen LogP contribution in [0.1, 0.15) is 73.2 Å². The minimum absolute atomic E-state index is 0. The molecular formula is C16H29Cl2N3OS. The predicted octanol–water partition coefficient (Wildman–Crippen LogP) is 3.98.